The van der Waals surface area contributed by atoms with Gasteiger partial charge in [0, 0.05) is 17.5 Å². The predicted molar refractivity (Wildman–Crippen MR) is 69.2 cm³/mol. The zero-order valence-corrected chi connectivity index (χ0v) is 10.7. The van der Waals surface area contributed by atoms with Crippen LogP contribution in [0, 0.1) is 0 Å². The maximum absolute atomic E-state index is 8.34. The van der Waals surface area contributed by atoms with Crippen LogP contribution >= 0.6 is 23.2 Å². The molecule has 1 aromatic carbocycles. The molecule has 0 bridgehead atoms. The largest absolute Gasteiger partial charge is 0.492 e. The predicted octanol–water partition coefficient (Wildman–Crippen LogP) is 3.29. The monoisotopic (exact) mass is 276 g/mol. The lowest BCUT2D eigenvalue weighted by molar-refractivity contribution is 0.305. The quantitative estimate of drug-likeness (QED) is 0.275. The fourth-order valence-corrected chi connectivity index (χ4v) is 1.56. The standard InChI is InChI=1S/C11H14Cl2N2O2/c12-8-4-5-9(13)10(7-8)17-6-2-1-3-11(14)15-16/h4-5,7,16H,1-3,6H2,(H2,14,15). The summed E-state index contributed by atoms with van der Waals surface area (Å²) < 4.78 is 5.47. The summed E-state index contributed by atoms with van der Waals surface area (Å²) in [5.74, 6) is 0.800. The lowest BCUT2D eigenvalue weighted by atomic mass is 10.2. The van der Waals surface area contributed by atoms with Crippen molar-refractivity contribution >= 4 is 29.0 Å². The van der Waals surface area contributed by atoms with Crippen molar-refractivity contribution in [2.24, 2.45) is 10.9 Å². The summed E-state index contributed by atoms with van der Waals surface area (Å²) in [6, 6.07) is 5.07. The molecular weight excluding hydrogens is 263 g/mol. The molecule has 0 unspecified atom stereocenters. The van der Waals surface area contributed by atoms with Crippen molar-refractivity contribution in [1.82, 2.24) is 0 Å². The van der Waals surface area contributed by atoms with Gasteiger partial charge in [0.05, 0.1) is 11.6 Å². The number of hydrogen-bond acceptors (Lipinski definition) is 3. The second-order valence-electron chi connectivity index (χ2n) is 3.47. The average molecular weight is 277 g/mol. The third-order valence-electron chi connectivity index (χ3n) is 2.11. The van der Waals surface area contributed by atoms with Crippen molar-refractivity contribution in [3.63, 3.8) is 0 Å². The SMILES string of the molecule is NC(CCCCOc1cc(Cl)ccc1Cl)=NO. The van der Waals surface area contributed by atoms with Gasteiger partial charge in [-0.1, -0.05) is 28.4 Å². The van der Waals surface area contributed by atoms with Crippen molar-refractivity contribution in [2.75, 3.05) is 6.61 Å². The van der Waals surface area contributed by atoms with Gasteiger partial charge in [0.1, 0.15) is 11.6 Å². The molecule has 0 atom stereocenters. The van der Waals surface area contributed by atoms with Gasteiger partial charge in [-0.2, -0.15) is 0 Å². The smallest absolute Gasteiger partial charge is 0.139 e. The van der Waals surface area contributed by atoms with Crippen LogP contribution in [0.25, 0.3) is 0 Å². The fourth-order valence-electron chi connectivity index (χ4n) is 1.23. The number of unbranched alkanes of at least 4 members (excludes halogenated alkanes) is 1. The first-order valence-corrected chi connectivity index (χ1v) is 5.93. The highest BCUT2D eigenvalue weighted by atomic mass is 35.5. The lowest BCUT2D eigenvalue weighted by Gasteiger charge is -2.07. The van der Waals surface area contributed by atoms with Gasteiger partial charge in [0.2, 0.25) is 0 Å². The molecule has 0 fully saturated rings. The number of hydrogen-bond donors (Lipinski definition) is 2. The van der Waals surface area contributed by atoms with Gasteiger partial charge in [0.15, 0.2) is 0 Å². The Hall–Kier alpha value is -1.13. The minimum Gasteiger partial charge on any atom is -0.492 e. The summed E-state index contributed by atoms with van der Waals surface area (Å²) in [6.07, 6.45) is 2.12. The molecule has 0 aliphatic heterocycles. The van der Waals surface area contributed by atoms with E-state index in [2.05, 4.69) is 5.16 Å². The molecule has 0 radical (unpaired) electrons. The van der Waals surface area contributed by atoms with Crippen molar-refractivity contribution in [3.8, 4) is 5.75 Å². The van der Waals surface area contributed by atoms with Crippen LogP contribution in [0.5, 0.6) is 5.75 Å². The molecule has 0 amide bonds. The number of ether oxygens (including phenoxy) is 1. The van der Waals surface area contributed by atoms with Gasteiger partial charge in [-0.3, -0.25) is 0 Å². The first kappa shape index (κ1) is 13.9. The first-order chi connectivity index (χ1) is 8.13. The van der Waals surface area contributed by atoms with Crippen molar-refractivity contribution in [2.45, 2.75) is 19.3 Å². The number of oxime groups is 1. The molecule has 0 saturated heterocycles. The Morgan fingerprint density at radius 3 is 2.82 bits per heavy atom. The maximum Gasteiger partial charge on any atom is 0.139 e. The van der Waals surface area contributed by atoms with Crippen LogP contribution in [-0.4, -0.2) is 17.6 Å². The molecule has 0 aliphatic carbocycles. The van der Waals surface area contributed by atoms with Crippen molar-refractivity contribution in [3.05, 3.63) is 28.2 Å². The third-order valence-corrected chi connectivity index (χ3v) is 2.65. The molecule has 1 rings (SSSR count). The van der Waals surface area contributed by atoms with Crippen LogP contribution in [0.4, 0.5) is 0 Å². The van der Waals surface area contributed by atoms with Crippen molar-refractivity contribution in [1.29, 1.82) is 0 Å². The number of nitrogens with zero attached hydrogens (tertiary/aromatic N) is 1. The second kappa shape index (κ2) is 7.25. The van der Waals surface area contributed by atoms with Crippen LogP contribution in [0.15, 0.2) is 23.4 Å². The highest BCUT2D eigenvalue weighted by Gasteiger charge is 2.02. The van der Waals surface area contributed by atoms with Gasteiger partial charge in [-0.05, 0) is 25.0 Å². The Morgan fingerprint density at radius 2 is 2.12 bits per heavy atom. The molecule has 0 saturated carbocycles. The molecule has 0 aliphatic rings. The van der Waals surface area contributed by atoms with Crippen LogP contribution in [0.1, 0.15) is 19.3 Å². The number of rotatable bonds is 6. The fraction of sp³-hybridized carbons (Fsp3) is 0.364. The van der Waals surface area contributed by atoms with Gasteiger partial charge in [-0.15, -0.1) is 0 Å². The van der Waals surface area contributed by atoms with Crippen LogP contribution in [-0.2, 0) is 0 Å². The molecular formula is C11H14Cl2N2O2. The lowest BCUT2D eigenvalue weighted by Crippen LogP contribution is -2.11. The van der Waals surface area contributed by atoms with E-state index in [0.717, 1.165) is 12.8 Å². The molecule has 3 N–H and O–H groups in total. The Kier molecular flexibility index (Phi) is 5.94. The molecule has 94 valence electrons. The van der Waals surface area contributed by atoms with E-state index in [1.165, 1.54) is 0 Å². The average Bonchev–Trinajstić information content (AvgIpc) is 2.32. The van der Waals surface area contributed by atoms with E-state index in [0.29, 0.717) is 28.8 Å². The van der Waals surface area contributed by atoms with E-state index in [4.69, 9.17) is 38.9 Å². The zero-order valence-electron chi connectivity index (χ0n) is 9.20. The van der Waals surface area contributed by atoms with E-state index in [-0.39, 0.29) is 5.84 Å². The Morgan fingerprint density at radius 1 is 1.35 bits per heavy atom. The van der Waals surface area contributed by atoms with E-state index in [1.807, 2.05) is 0 Å². The molecule has 4 nitrogen and oxygen atoms in total. The third kappa shape index (κ3) is 5.15. The summed E-state index contributed by atoms with van der Waals surface area (Å²) in [5.41, 5.74) is 5.33. The van der Waals surface area contributed by atoms with Gasteiger partial charge in [0.25, 0.3) is 0 Å². The minimum atomic E-state index is 0.228. The van der Waals surface area contributed by atoms with E-state index < -0.39 is 0 Å². The Bertz CT molecular complexity index is 397. The van der Waals surface area contributed by atoms with Gasteiger partial charge >= 0.3 is 0 Å². The number of benzene rings is 1. The molecule has 6 heteroatoms. The highest BCUT2D eigenvalue weighted by molar-refractivity contribution is 6.34. The molecule has 0 spiro atoms. The first-order valence-electron chi connectivity index (χ1n) is 5.17. The second-order valence-corrected chi connectivity index (χ2v) is 4.32. The molecule has 17 heavy (non-hydrogen) atoms. The summed E-state index contributed by atoms with van der Waals surface area (Å²) in [7, 11) is 0. The van der Waals surface area contributed by atoms with Gasteiger partial charge < -0.3 is 15.7 Å². The van der Waals surface area contributed by atoms with E-state index >= 15 is 0 Å². The number of halogens is 2. The Labute approximate surface area is 110 Å². The van der Waals surface area contributed by atoms with E-state index in [1.54, 1.807) is 18.2 Å². The van der Waals surface area contributed by atoms with Crippen LogP contribution in [0.3, 0.4) is 0 Å². The number of nitrogens with two attached hydrogens (primary N) is 1. The maximum atomic E-state index is 8.34. The number of amidine groups is 1. The van der Waals surface area contributed by atoms with Crippen molar-refractivity contribution < 1.29 is 9.94 Å². The summed E-state index contributed by atoms with van der Waals surface area (Å²) in [5, 5.41) is 12.3. The van der Waals surface area contributed by atoms with Gasteiger partial charge in [-0.25, -0.2) is 0 Å². The molecule has 1 aromatic rings. The zero-order chi connectivity index (χ0) is 12.7. The summed E-state index contributed by atoms with van der Waals surface area (Å²) in [6.45, 7) is 0.513. The minimum absolute atomic E-state index is 0.228. The molecule has 0 aromatic heterocycles. The highest BCUT2D eigenvalue weighted by Crippen LogP contribution is 2.27. The Balaban J connectivity index is 2.29. The van der Waals surface area contributed by atoms with Crippen LogP contribution in [0.2, 0.25) is 10.0 Å². The summed E-state index contributed by atoms with van der Waals surface area (Å²) in [4.78, 5) is 0. The normalized spacial score (nSPS) is 11.5. The molecule has 0 heterocycles. The summed E-state index contributed by atoms with van der Waals surface area (Å²) >= 11 is 11.7. The topological polar surface area (TPSA) is 67.8 Å². The van der Waals surface area contributed by atoms with Crippen LogP contribution < -0.4 is 10.5 Å². The van der Waals surface area contributed by atoms with E-state index in [9.17, 15) is 0 Å².